The Morgan fingerprint density at radius 2 is 1.88 bits per heavy atom. The molecule has 0 aromatic carbocycles. The molecule has 0 radical (unpaired) electrons. The Hall–Kier alpha value is -1.10. The molecule has 4 nitrogen and oxygen atoms in total. The Balaban J connectivity index is 2.84. The summed E-state index contributed by atoms with van der Waals surface area (Å²) in [5.74, 6) is 0.0488. The normalized spacial score (nSPS) is 10.2. The predicted octanol–water partition coefficient (Wildman–Crippen LogP) is 1.49. The monoisotopic (exact) mass is 239 g/mol. The molecule has 88 valence electrons. The quantitative estimate of drug-likeness (QED) is 0.639. The van der Waals surface area contributed by atoms with Crippen molar-refractivity contribution in [2.24, 2.45) is 0 Å². The van der Waals surface area contributed by atoms with Crippen LogP contribution in [0.15, 0.2) is 5.16 Å². The first kappa shape index (κ1) is 13.0. The van der Waals surface area contributed by atoms with Crippen molar-refractivity contribution in [3.8, 4) is 0 Å². The van der Waals surface area contributed by atoms with E-state index >= 15 is 0 Å². The van der Waals surface area contributed by atoms with E-state index < -0.39 is 0 Å². The third-order valence-corrected chi connectivity index (χ3v) is 3.01. The van der Waals surface area contributed by atoms with Crippen LogP contribution in [0.3, 0.4) is 0 Å². The van der Waals surface area contributed by atoms with Gasteiger partial charge in [-0.25, -0.2) is 9.97 Å². The Morgan fingerprint density at radius 3 is 2.31 bits per heavy atom. The minimum Gasteiger partial charge on any atom is -0.359 e. The molecule has 5 heteroatoms. The standard InChI is InChI=1S/C11H17N3OS/c1-7-9(5-6-10(15)12-3)8(2)14-11(13-7)16-4/h5-6H2,1-4H3,(H,12,15). The van der Waals surface area contributed by atoms with Gasteiger partial charge in [-0.1, -0.05) is 11.8 Å². The van der Waals surface area contributed by atoms with Crippen LogP contribution in [0.4, 0.5) is 0 Å². The fraction of sp³-hybridized carbons (Fsp3) is 0.545. The van der Waals surface area contributed by atoms with Crippen molar-refractivity contribution in [3.63, 3.8) is 0 Å². The largest absolute Gasteiger partial charge is 0.359 e. The summed E-state index contributed by atoms with van der Waals surface area (Å²) in [4.78, 5) is 19.9. The number of rotatable bonds is 4. The van der Waals surface area contributed by atoms with Crippen LogP contribution in [-0.4, -0.2) is 29.2 Å². The number of carbonyl (C=O) groups excluding carboxylic acids is 1. The molecule has 1 heterocycles. The molecule has 1 rings (SSSR count). The van der Waals surface area contributed by atoms with Gasteiger partial charge in [0.2, 0.25) is 5.91 Å². The molecule has 0 fully saturated rings. The maximum atomic E-state index is 11.2. The molecule has 16 heavy (non-hydrogen) atoms. The van der Waals surface area contributed by atoms with Crippen molar-refractivity contribution < 1.29 is 4.79 Å². The average molecular weight is 239 g/mol. The van der Waals surface area contributed by atoms with Crippen molar-refractivity contribution in [2.45, 2.75) is 31.8 Å². The first-order valence-electron chi connectivity index (χ1n) is 5.17. The minimum atomic E-state index is 0.0488. The van der Waals surface area contributed by atoms with Gasteiger partial charge in [0.15, 0.2) is 5.16 Å². The number of aromatic nitrogens is 2. The van der Waals surface area contributed by atoms with Gasteiger partial charge in [-0.15, -0.1) is 0 Å². The molecule has 1 amide bonds. The van der Waals surface area contributed by atoms with Crippen LogP contribution in [0.25, 0.3) is 0 Å². The van der Waals surface area contributed by atoms with Gasteiger partial charge in [-0.3, -0.25) is 4.79 Å². The number of aryl methyl sites for hydroxylation is 2. The highest BCUT2D eigenvalue weighted by molar-refractivity contribution is 7.98. The number of amides is 1. The Labute approximate surface area is 100 Å². The lowest BCUT2D eigenvalue weighted by Gasteiger charge is -2.09. The van der Waals surface area contributed by atoms with E-state index in [1.165, 1.54) is 11.8 Å². The van der Waals surface area contributed by atoms with Crippen LogP contribution in [0.1, 0.15) is 23.4 Å². The second-order valence-electron chi connectivity index (χ2n) is 3.53. The van der Waals surface area contributed by atoms with Crippen LogP contribution in [0.5, 0.6) is 0 Å². The second kappa shape index (κ2) is 5.84. The summed E-state index contributed by atoms with van der Waals surface area (Å²) in [6.07, 6.45) is 3.14. The topological polar surface area (TPSA) is 54.9 Å². The zero-order valence-corrected chi connectivity index (χ0v) is 10.9. The van der Waals surface area contributed by atoms with Gasteiger partial charge >= 0.3 is 0 Å². The number of carbonyl (C=O) groups is 1. The molecule has 0 unspecified atom stereocenters. The predicted molar refractivity (Wildman–Crippen MR) is 65.7 cm³/mol. The Kier molecular flexibility index (Phi) is 4.73. The lowest BCUT2D eigenvalue weighted by Crippen LogP contribution is -2.18. The first-order valence-corrected chi connectivity index (χ1v) is 6.39. The zero-order chi connectivity index (χ0) is 12.1. The van der Waals surface area contributed by atoms with E-state index in [2.05, 4.69) is 15.3 Å². The lowest BCUT2D eigenvalue weighted by atomic mass is 10.1. The van der Waals surface area contributed by atoms with Crippen molar-refractivity contribution >= 4 is 17.7 Å². The number of nitrogens with one attached hydrogen (secondary N) is 1. The molecule has 1 aromatic rings. The molecule has 1 N–H and O–H groups in total. The highest BCUT2D eigenvalue weighted by Gasteiger charge is 2.09. The second-order valence-corrected chi connectivity index (χ2v) is 4.31. The van der Waals surface area contributed by atoms with Crippen molar-refractivity contribution in [1.29, 1.82) is 0 Å². The summed E-state index contributed by atoms with van der Waals surface area (Å²) in [6.45, 7) is 3.93. The summed E-state index contributed by atoms with van der Waals surface area (Å²) in [5.41, 5.74) is 3.03. The zero-order valence-electron chi connectivity index (χ0n) is 10.1. The van der Waals surface area contributed by atoms with Gasteiger partial charge in [0.1, 0.15) is 0 Å². The Morgan fingerprint density at radius 1 is 1.31 bits per heavy atom. The molecule has 0 aliphatic heterocycles. The molecule has 1 aromatic heterocycles. The van der Waals surface area contributed by atoms with E-state index in [1.807, 2.05) is 20.1 Å². The van der Waals surface area contributed by atoms with Crippen LogP contribution < -0.4 is 5.32 Å². The molecule has 0 aliphatic rings. The van der Waals surface area contributed by atoms with Crippen LogP contribution >= 0.6 is 11.8 Å². The molecular weight excluding hydrogens is 222 g/mol. The first-order chi connectivity index (χ1) is 7.58. The fourth-order valence-corrected chi connectivity index (χ4v) is 1.98. The molecule has 0 saturated heterocycles. The van der Waals surface area contributed by atoms with Gasteiger partial charge < -0.3 is 5.32 Å². The number of thioether (sulfide) groups is 1. The van der Waals surface area contributed by atoms with Gasteiger partial charge in [0.25, 0.3) is 0 Å². The van der Waals surface area contributed by atoms with E-state index in [0.29, 0.717) is 12.8 Å². The molecule has 0 bridgehead atoms. The number of nitrogens with zero attached hydrogens (tertiary/aromatic N) is 2. The van der Waals surface area contributed by atoms with Gasteiger partial charge in [-0.05, 0) is 32.1 Å². The summed E-state index contributed by atoms with van der Waals surface area (Å²) in [6, 6.07) is 0. The minimum absolute atomic E-state index is 0.0488. The molecule has 0 aliphatic carbocycles. The summed E-state index contributed by atoms with van der Waals surface area (Å²) < 4.78 is 0. The third kappa shape index (κ3) is 3.20. The highest BCUT2D eigenvalue weighted by atomic mass is 32.2. The molecule has 0 saturated carbocycles. The SMILES string of the molecule is CNC(=O)CCc1c(C)nc(SC)nc1C. The van der Waals surface area contributed by atoms with Crippen LogP contribution in [0, 0.1) is 13.8 Å². The lowest BCUT2D eigenvalue weighted by molar-refractivity contribution is -0.120. The van der Waals surface area contributed by atoms with Crippen LogP contribution in [-0.2, 0) is 11.2 Å². The fourth-order valence-electron chi connectivity index (χ4n) is 1.53. The van der Waals surface area contributed by atoms with Crippen LogP contribution in [0.2, 0.25) is 0 Å². The maximum absolute atomic E-state index is 11.2. The van der Waals surface area contributed by atoms with Gasteiger partial charge in [0.05, 0.1) is 0 Å². The van der Waals surface area contributed by atoms with Crippen molar-refractivity contribution in [3.05, 3.63) is 17.0 Å². The van der Waals surface area contributed by atoms with E-state index in [0.717, 1.165) is 22.1 Å². The van der Waals surface area contributed by atoms with Crippen molar-refractivity contribution in [2.75, 3.05) is 13.3 Å². The average Bonchev–Trinajstić information content (AvgIpc) is 2.27. The molecule has 0 atom stereocenters. The summed E-state index contributed by atoms with van der Waals surface area (Å²) >= 11 is 1.53. The molecular formula is C11H17N3OS. The van der Waals surface area contributed by atoms with E-state index in [9.17, 15) is 4.79 Å². The van der Waals surface area contributed by atoms with E-state index in [-0.39, 0.29) is 5.91 Å². The highest BCUT2D eigenvalue weighted by Crippen LogP contribution is 2.16. The third-order valence-electron chi connectivity index (χ3n) is 2.46. The van der Waals surface area contributed by atoms with Gasteiger partial charge in [-0.2, -0.15) is 0 Å². The number of hydrogen-bond donors (Lipinski definition) is 1. The van der Waals surface area contributed by atoms with Crippen molar-refractivity contribution in [1.82, 2.24) is 15.3 Å². The summed E-state index contributed by atoms with van der Waals surface area (Å²) in [7, 11) is 1.65. The maximum Gasteiger partial charge on any atom is 0.220 e. The van der Waals surface area contributed by atoms with E-state index in [1.54, 1.807) is 7.05 Å². The Bertz CT molecular complexity index is 370. The smallest absolute Gasteiger partial charge is 0.220 e. The number of hydrogen-bond acceptors (Lipinski definition) is 4. The summed E-state index contributed by atoms with van der Waals surface area (Å²) in [5, 5.41) is 3.40. The van der Waals surface area contributed by atoms with Gasteiger partial charge in [0, 0.05) is 24.9 Å². The molecule has 0 spiro atoms. The van der Waals surface area contributed by atoms with E-state index in [4.69, 9.17) is 0 Å².